The van der Waals surface area contributed by atoms with Gasteiger partial charge >= 0.3 is 5.97 Å². The average molecular weight is 212 g/mol. The van der Waals surface area contributed by atoms with Crippen LogP contribution in [0.2, 0.25) is 0 Å². The molecule has 0 saturated heterocycles. The third-order valence-electron chi connectivity index (χ3n) is 1.38. The number of carbonyl (C=O) groups excluding carboxylic acids is 1. The molecule has 14 heavy (non-hydrogen) atoms. The molecule has 3 N–H and O–H groups in total. The third kappa shape index (κ3) is 3.49. The van der Waals surface area contributed by atoms with E-state index in [0.29, 0.717) is 12.3 Å². The highest BCUT2D eigenvalue weighted by Gasteiger charge is 1.90. The molecule has 0 bridgehead atoms. The molecule has 0 aromatic carbocycles. The Kier molecular flexibility index (Phi) is 4.00. The quantitative estimate of drug-likeness (QED) is 0.572. The lowest BCUT2D eigenvalue weighted by atomic mass is 10.4. The lowest BCUT2D eigenvalue weighted by molar-refractivity contribution is -0.134. The van der Waals surface area contributed by atoms with Gasteiger partial charge < -0.3 is 15.5 Å². The molecular weight excluding hydrogens is 200 g/mol. The van der Waals surface area contributed by atoms with Crippen molar-refractivity contribution in [2.24, 2.45) is 0 Å². The molecule has 1 rings (SSSR count). The van der Waals surface area contributed by atoms with Crippen LogP contribution in [0, 0.1) is 4.64 Å². The van der Waals surface area contributed by atoms with Gasteiger partial charge in [0.1, 0.15) is 0 Å². The number of aromatic nitrogens is 1. The number of hydrogen-bond donors (Lipinski definition) is 2. The van der Waals surface area contributed by atoms with Crippen LogP contribution < -0.4 is 5.73 Å². The number of hydrogen-bond acceptors (Lipinski definition) is 3. The fourth-order valence-corrected chi connectivity index (χ4v) is 1.35. The summed E-state index contributed by atoms with van der Waals surface area (Å²) in [5.41, 5.74) is 6.15. The van der Waals surface area contributed by atoms with Crippen LogP contribution in [0.5, 0.6) is 0 Å². The summed E-state index contributed by atoms with van der Waals surface area (Å²) >= 11 is 0. The van der Waals surface area contributed by atoms with Crippen LogP contribution in [0.4, 0.5) is 5.69 Å². The maximum Gasteiger partial charge on any atom is 0.340 e. The molecule has 0 amide bonds. The maximum atomic E-state index is 10.9. The fourth-order valence-electron chi connectivity index (χ4n) is 0.784. The van der Waals surface area contributed by atoms with E-state index in [0.717, 1.165) is 4.64 Å². The van der Waals surface area contributed by atoms with Crippen LogP contribution >= 0.6 is 10.9 Å². The molecule has 76 valence electrons. The summed E-state index contributed by atoms with van der Waals surface area (Å²) in [5, 5.41) is 1.41. The Morgan fingerprint density at radius 2 is 2.50 bits per heavy atom. The number of H-pyrrole nitrogens is 1. The molecular formula is C9H12N2O2S. The predicted octanol–water partition coefficient (Wildman–Crippen LogP) is 1.23. The molecule has 1 aromatic rings. The lowest BCUT2D eigenvalue weighted by Gasteiger charge is -1.92. The van der Waals surface area contributed by atoms with E-state index in [-0.39, 0.29) is 5.97 Å². The highest BCUT2D eigenvalue weighted by atomic mass is 32.1. The van der Waals surface area contributed by atoms with Crippen molar-refractivity contribution in [1.29, 1.82) is 0 Å². The zero-order valence-corrected chi connectivity index (χ0v) is 8.64. The molecule has 1 aromatic heterocycles. The standard InChI is InChI=1S/C9H12N2O2S/c1-2-13-9(12)6-14-8-4-3-7(10)5-11-8/h3-6,11H,2,10H2,1H3. The van der Waals surface area contributed by atoms with E-state index in [1.165, 1.54) is 16.3 Å². The number of esters is 1. The van der Waals surface area contributed by atoms with Gasteiger partial charge in [0.2, 0.25) is 0 Å². The van der Waals surface area contributed by atoms with Gasteiger partial charge in [0, 0.05) is 11.9 Å². The molecule has 5 heteroatoms. The normalized spacial score (nSPS) is 9.21. The Balaban J connectivity index is 2.87. The van der Waals surface area contributed by atoms with E-state index in [1.54, 1.807) is 25.3 Å². The van der Waals surface area contributed by atoms with Crippen molar-refractivity contribution in [2.75, 3.05) is 12.3 Å². The molecule has 0 saturated carbocycles. The second-order valence-electron chi connectivity index (χ2n) is 2.47. The number of carbonyl (C=O) groups is 1. The second-order valence-corrected chi connectivity index (χ2v) is 3.39. The first-order chi connectivity index (χ1) is 6.72. The van der Waals surface area contributed by atoms with E-state index < -0.39 is 0 Å². The molecule has 0 atom stereocenters. The monoisotopic (exact) mass is 212 g/mol. The summed E-state index contributed by atoms with van der Waals surface area (Å²) in [6, 6.07) is 3.56. The Morgan fingerprint density at radius 3 is 3.07 bits per heavy atom. The number of pyridine rings is 1. The minimum absolute atomic E-state index is 0.331. The van der Waals surface area contributed by atoms with Gasteiger partial charge in [-0.05, 0) is 19.1 Å². The molecule has 0 aliphatic rings. The summed E-state index contributed by atoms with van der Waals surface area (Å²) in [7, 11) is 1.27. The number of ether oxygens (including phenoxy) is 1. The van der Waals surface area contributed by atoms with Gasteiger partial charge in [-0.1, -0.05) is 0 Å². The van der Waals surface area contributed by atoms with Gasteiger partial charge in [-0.15, -0.1) is 10.9 Å². The number of nitrogens with two attached hydrogens (primary N) is 1. The number of anilines is 1. The van der Waals surface area contributed by atoms with Crippen molar-refractivity contribution in [3.63, 3.8) is 0 Å². The van der Waals surface area contributed by atoms with E-state index in [4.69, 9.17) is 10.5 Å². The van der Waals surface area contributed by atoms with Gasteiger partial charge in [-0.3, -0.25) is 0 Å². The Hall–Kier alpha value is -1.49. The Bertz CT molecular complexity index is 399. The number of nitrogens with one attached hydrogen (secondary N) is 1. The van der Waals surface area contributed by atoms with Crippen LogP contribution in [0.25, 0.3) is 0 Å². The van der Waals surface area contributed by atoms with Crippen LogP contribution in [0.15, 0.2) is 18.3 Å². The first-order valence-corrected chi connectivity index (χ1v) is 5.04. The molecule has 0 fully saturated rings. The zero-order chi connectivity index (χ0) is 10.4. The second kappa shape index (κ2) is 5.29. The van der Waals surface area contributed by atoms with Crippen molar-refractivity contribution < 1.29 is 9.53 Å². The molecule has 0 aliphatic heterocycles. The minimum Gasteiger partial charge on any atom is -0.462 e. The van der Waals surface area contributed by atoms with Crippen molar-refractivity contribution in [1.82, 2.24) is 4.98 Å². The van der Waals surface area contributed by atoms with E-state index in [2.05, 4.69) is 4.98 Å². The highest BCUT2D eigenvalue weighted by molar-refractivity contribution is 7.90. The summed E-state index contributed by atoms with van der Waals surface area (Å²) in [6.07, 6.45) is 1.67. The van der Waals surface area contributed by atoms with Crippen LogP contribution in [-0.2, 0) is 9.53 Å². The Morgan fingerprint density at radius 1 is 1.71 bits per heavy atom. The summed E-state index contributed by atoms with van der Waals surface area (Å²) < 4.78 is 5.57. The molecule has 0 unspecified atom stereocenters. The molecule has 0 aliphatic carbocycles. The third-order valence-corrected chi connectivity index (χ3v) is 2.20. The smallest absolute Gasteiger partial charge is 0.340 e. The van der Waals surface area contributed by atoms with Crippen molar-refractivity contribution in [2.45, 2.75) is 6.92 Å². The summed E-state index contributed by atoms with van der Waals surface area (Å²) in [6.45, 7) is 2.16. The maximum absolute atomic E-state index is 10.9. The number of rotatable bonds is 2. The lowest BCUT2D eigenvalue weighted by Crippen LogP contribution is -2.02. The predicted molar refractivity (Wildman–Crippen MR) is 58.7 cm³/mol. The van der Waals surface area contributed by atoms with Gasteiger partial charge in [0.15, 0.2) is 0 Å². The SMILES string of the molecule is CCOC(=O)C=S=c1ccc(N)c[nH]1. The van der Waals surface area contributed by atoms with Gasteiger partial charge in [0.25, 0.3) is 0 Å². The highest BCUT2D eigenvalue weighted by Crippen LogP contribution is 1.96. The molecule has 1 heterocycles. The first kappa shape index (κ1) is 10.6. The fraction of sp³-hybridized carbons (Fsp3) is 0.222. The van der Waals surface area contributed by atoms with Crippen molar-refractivity contribution in [3.05, 3.63) is 23.0 Å². The number of nitrogen functional groups attached to an aromatic ring is 1. The van der Waals surface area contributed by atoms with Gasteiger partial charge in [-0.25, -0.2) is 4.79 Å². The van der Waals surface area contributed by atoms with Crippen molar-refractivity contribution in [3.8, 4) is 0 Å². The Labute approximate surface area is 85.3 Å². The van der Waals surface area contributed by atoms with Crippen molar-refractivity contribution >= 4 is 28.0 Å². The molecule has 0 spiro atoms. The average Bonchev–Trinajstić information content (AvgIpc) is 2.17. The number of aromatic amines is 1. The minimum atomic E-state index is -0.331. The van der Waals surface area contributed by atoms with Gasteiger partial charge in [0.05, 0.1) is 16.6 Å². The van der Waals surface area contributed by atoms with E-state index >= 15 is 0 Å². The van der Waals surface area contributed by atoms with Gasteiger partial charge in [-0.2, -0.15) is 0 Å². The van der Waals surface area contributed by atoms with Crippen LogP contribution in [0.3, 0.4) is 0 Å². The largest absolute Gasteiger partial charge is 0.462 e. The van der Waals surface area contributed by atoms with Crippen LogP contribution in [-0.4, -0.2) is 22.9 Å². The summed E-state index contributed by atoms with van der Waals surface area (Å²) in [5.74, 6) is -0.331. The first-order valence-electron chi connectivity index (χ1n) is 4.16. The topological polar surface area (TPSA) is 68.1 Å². The molecule has 4 nitrogen and oxygen atoms in total. The molecule has 0 radical (unpaired) electrons. The summed E-state index contributed by atoms with van der Waals surface area (Å²) in [4.78, 5) is 13.9. The van der Waals surface area contributed by atoms with Crippen LogP contribution in [0.1, 0.15) is 6.92 Å². The zero-order valence-electron chi connectivity index (χ0n) is 7.82. The van der Waals surface area contributed by atoms with E-state index in [1.807, 2.05) is 0 Å². The van der Waals surface area contributed by atoms with E-state index in [9.17, 15) is 4.79 Å².